The second-order valence-electron chi connectivity index (χ2n) is 6.77. The minimum absolute atomic E-state index is 0.100. The van der Waals surface area contributed by atoms with E-state index in [1.165, 1.54) is 0 Å². The number of hydrogen-bond acceptors (Lipinski definition) is 3. The van der Waals surface area contributed by atoms with Crippen LogP contribution in [-0.2, 0) is 9.59 Å². The molecule has 6 saturated carbocycles. The predicted molar refractivity (Wildman–Crippen MR) is 61.6 cm³/mol. The Morgan fingerprint density at radius 2 is 2.06 bits per heavy atom. The second kappa shape index (κ2) is 3.16. The quantitative estimate of drug-likeness (QED) is 0.730. The summed E-state index contributed by atoms with van der Waals surface area (Å²) >= 11 is 0. The molecule has 4 heteroatoms. The van der Waals surface area contributed by atoms with Crippen LogP contribution < -0.4 is 0 Å². The minimum Gasteiger partial charge on any atom is -0.481 e. The van der Waals surface area contributed by atoms with Gasteiger partial charge in [-0.1, -0.05) is 0 Å². The Labute approximate surface area is 105 Å². The van der Waals surface area contributed by atoms with E-state index in [1.807, 2.05) is 0 Å². The van der Waals surface area contributed by atoms with Crippen molar-refractivity contribution in [1.82, 2.24) is 0 Å². The minimum atomic E-state index is -0.755. The van der Waals surface area contributed by atoms with Gasteiger partial charge in [0.15, 0.2) is 0 Å². The van der Waals surface area contributed by atoms with Crippen molar-refractivity contribution >= 4 is 11.8 Å². The number of carbonyl (C=O) groups is 2. The second-order valence-corrected chi connectivity index (χ2v) is 6.77. The van der Waals surface area contributed by atoms with Crippen molar-refractivity contribution in [2.45, 2.75) is 38.2 Å². The van der Waals surface area contributed by atoms with Gasteiger partial charge in [0.25, 0.3) is 0 Å². The lowest BCUT2D eigenvalue weighted by atomic mass is 9.36. The van der Waals surface area contributed by atoms with E-state index >= 15 is 0 Å². The zero-order valence-electron chi connectivity index (χ0n) is 10.2. The van der Waals surface area contributed by atoms with Crippen LogP contribution in [0.3, 0.4) is 0 Å². The van der Waals surface area contributed by atoms with Gasteiger partial charge < -0.3 is 10.2 Å². The van der Waals surface area contributed by atoms with Gasteiger partial charge in [0, 0.05) is 5.92 Å². The molecule has 6 rings (SSSR count). The molecule has 98 valence electrons. The molecule has 6 aliphatic rings. The van der Waals surface area contributed by atoms with Crippen LogP contribution in [0.1, 0.15) is 32.1 Å². The van der Waals surface area contributed by atoms with Crippen molar-refractivity contribution in [3.05, 3.63) is 0 Å². The molecule has 0 aliphatic heterocycles. The highest BCUT2D eigenvalue weighted by atomic mass is 16.4. The highest BCUT2D eigenvalue weighted by molar-refractivity contribution is 5.90. The van der Waals surface area contributed by atoms with E-state index in [1.54, 1.807) is 0 Å². The summed E-state index contributed by atoms with van der Waals surface area (Å²) in [6, 6.07) is 0. The van der Waals surface area contributed by atoms with Gasteiger partial charge in [-0.2, -0.15) is 0 Å². The van der Waals surface area contributed by atoms with Crippen LogP contribution in [0.2, 0.25) is 0 Å². The van der Waals surface area contributed by atoms with E-state index in [-0.39, 0.29) is 23.5 Å². The van der Waals surface area contributed by atoms with E-state index in [9.17, 15) is 19.8 Å². The molecule has 0 saturated heterocycles. The lowest BCUT2D eigenvalue weighted by molar-refractivity contribution is -0.228. The molecule has 0 amide bonds. The number of fused-ring (bicyclic) bond motifs is 2. The van der Waals surface area contributed by atoms with Gasteiger partial charge in [0.1, 0.15) is 5.78 Å². The SMILES string of the molecule is O=C(O)C1CC2CC3CC4CCC31C(C2=O)C4O. The maximum absolute atomic E-state index is 12.4. The van der Waals surface area contributed by atoms with Gasteiger partial charge in [-0.3, -0.25) is 9.59 Å². The van der Waals surface area contributed by atoms with Crippen molar-refractivity contribution in [2.75, 3.05) is 0 Å². The molecule has 0 aromatic heterocycles. The van der Waals surface area contributed by atoms with Crippen molar-refractivity contribution in [3.8, 4) is 0 Å². The number of carbonyl (C=O) groups excluding carboxylic acids is 1. The summed E-state index contributed by atoms with van der Waals surface area (Å²) < 4.78 is 0. The molecule has 7 atom stereocenters. The van der Waals surface area contributed by atoms with E-state index in [4.69, 9.17) is 0 Å². The number of carboxylic acids is 1. The number of carboxylic acid groups (broad SMARTS) is 1. The molecule has 6 fully saturated rings. The Morgan fingerprint density at radius 3 is 2.78 bits per heavy atom. The smallest absolute Gasteiger partial charge is 0.307 e. The van der Waals surface area contributed by atoms with Crippen molar-refractivity contribution in [3.63, 3.8) is 0 Å². The number of rotatable bonds is 1. The van der Waals surface area contributed by atoms with Gasteiger partial charge in [-0.05, 0) is 49.4 Å². The molecule has 7 unspecified atom stereocenters. The Bertz CT molecular complexity index is 445. The van der Waals surface area contributed by atoms with Crippen LogP contribution in [0.15, 0.2) is 0 Å². The highest BCUT2D eigenvalue weighted by Crippen LogP contribution is 2.69. The number of aliphatic hydroxyl groups is 1. The van der Waals surface area contributed by atoms with Crippen molar-refractivity contribution in [2.24, 2.45) is 35.0 Å². The molecule has 2 N–H and O–H groups in total. The first-order valence-electron chi connectivity index (χ1n) is 7.00. The Kier molecular flexibility index (Phi) is 1.92. The van der Waals surface area contributed by atoms with Gasteiger partial charge in [-0.15, -0.1) is 0 Å². The predicted octanol–water partition coefficient (Wildman–Crippen LogP) is 1.07. The maximum Gasteiger partial charge on any atom is 0.307 e. The molecular weight excluding hydrogens is 232 g/mol. The first-order chi connectivity index (χ1) is 8.55. The average molecular weight is 250 g/mol. The average Bonchev–Trinajstić information content (AvgIpc) is 2.35. The van der Waals surface area contributed by atoms with Crippen LogP contribution in [0.5, 0.6) is 0 Å². The number of aliphatic hydroxyl groups excluding tert-OH is 1. The van der Waals surface area contributed by atoms with E-state index < -0.39 is 23.4 Å². The molecule has 1 spiro atoms. The number of hydrogen-bond donors (Lipinski definition) is 2. The maximum atomic E-state index is 12.4. The first kappa shape index (κ1) is 11.0. The molecule has 0 aromatic carbocycles. The van der Waals surface area contributed by atoms with Crippen LogP contribution >= 0.6 is 0 Å². The highest BCUT2D eigenvalue weighted by Gasteiger charge is 2.71. The van der Waals surface area contributed by atoms with Crippen LogP contribution in [-0.4, -0.2) is 28.1 Å². The third kappa shape index (κ3) is 0.989. The summed E-state index contributed by atoms with van der Waals surface area (Å²) in [6.07, 6.45) is 3.48. The van der Waals surface area contributed by atoms with Crippen LogP contribution in [0.4, 0.5) is 0 Å². The summed E-state index contributed by atoms with van der Waals surface area (Å²) in [7, 11) is 0. The third-order valence-corrected chi connectivity index (χ3v) is 6.44. The standard InChI is InChI=1S/C14H18O4/c15-11-6-1-2-14-8(3-6)4-7(12(16)10(11)14)5-9(14)13(17)18/h6-11,15H,1-5H2,(H,17,18). The largest absolute Gasteiger partial charge is 0.481 e. The monoisotopic (exact) mass is 250 g/mol. The van der Waals surface area contributed by atoms with E-state index in [2.05, 4.69) is 0 Å². The fourth-order valence-corrected chi connectivity index (χ4v) is 5.84. The lowest BCUT2D eigenvalue weighted by Gasteiger charge is -2.67. The Balaban J connectivity index is 1.89. The Morgan fingerprint density at radius 1 is 1.28 bits per heavy atom. The number of aliphatic carboxylic acids is 1. The lowest BCUT2D eigenvalue weighted by Crippen LogP contribution is -2.70. The number of ketones is 1. The van der Waals surface area contributed by atoms with E-state index in [0.29, 0.717) is 12.3 Å². The van der Waals surface area contributed by atoms with Gasteiger partial charge >= 0.3 is 5.97 Å². The molecule has 5 bridgehead atoms. The molecule has 0 aromatic rings. The van der Waals surface area contributed by atoms with E-state index in [0.717, 1.165) is 25.7 Å². The van der Waals surface area contributed by atoms with Crippen molar-refractivity contribution < 1.29 is 19.8 Å². The summed E-state index contributed by atoms with van der Waals surface area (Å²) in [6.45, 7) is 0. The fraction of sp³-hybridized carbons (Fsp3) is 0.857. The fourth-order valence-electron chi connectivity index (χ4n) is 5.84. The number of Topliss-reactive ketones (excluding diaryl/α,β-unsaturated/α-hetero) is 1. The van der Waals surface area contributed by atoms with Gasteiger partial charge in [0.2, 0.25) is 0 Å². The zero-order valence-corrected chi connectivity index (χ0v) is 10.2. The molecule has 0 radical (unpaired) electrons. The molecular formula is C14H18O4. The topological polar surface area (TPSA) is 74.6 Å². The van der Waals surface area contributed by atoms with Crippen molar-refractivity contribution in [1.29, 1.82) is 0 Å². The first-order valence-corrected chi connectivity index (χ1v) is 7.00. The van der Waals surface area contributed by atoms with Gasteiger partial charge in [-0.25, -0.2) is 0 Å². The zero-order chi connectivity index (χ0) is 12.7. The Hall–Kier alpha value is -0.900. The van der Waals surface area contributed by atoms with Crippen LogP contribution in [0.25, 0.3) is 0 Å². The normalized spacial score (nSPS) is 56.8. The molecule has 4 nitrogen and oxygen atoms in total. The summed E-state index contributed by atoms with van der Waals surface area (Å²) in [4.78, 5) is 24.0. The van der Waals surface area contributed by atoms with Crippen LogP contribution in [0, 0.1) is 35.0 Å². The molecule has 18 heavy (non-hydrogen) atoms. The van der Waals surface area contributed by atoms with Gasteiger partial charge in [0.05, 0.1) is 17.9 Å². The third-order valence-electron chi connectivity index (χ3n) is 6.44. The summed E-state index contributed by atoms with van der Waals surface area (Å²) in [5.41, 5.74) is -0.411. The molecule has 0 heterocycles. The molecule has 6 aliphatic carbocycles. The summed E-state index contributed by atoms with van der Waals surface area (Å²) in [5.74, 6) is -0.864. The summed E-state index contributed by atoms with van der Waals surface area (Å²) in [5, 5.41) is 19.9.